The van der Waals surface area contributed by atoms with Crippen molar-refractivity contribution in [3.05, 3.63) is 0 Å². The van der Waals surface area contributed by atoms with Crippen molar-refractivity contribution in [1.82, 2.24) is 0 Å². The van der Waals surface area contributed by atoms with Gasteiger partial charge in [-0.15, -0.1) is 0 Å². The van der Waals surface area contributed by atoms with E-state index in [0.29, 0.717) is 0 Å². The summed E-state index contributed by atoms with van der Waals surface area (Å²) in [5.41, 5.74) is 0. The fourth-order valence-corrected chi connectivity index (χ4v) is 3.20. The van der Waals surface area contributed by atoms with Crippen LogP contribution in [-0.2, 0) is 42.8 Å². The van der Waals surface area contributed by atoms with Gasteiger partial charge in [0.05, 0.1) is 32.3 Å². The van der Waals surface area contributed by atoms with Gasteiger partial charge in [0.2, 0.25) is 0 Å². The van der Waals surface area contributed by atoms with E-state index in [-0.39, 0.29) is 13.2 Å². The average Bonchev–Trinajstić information content (AvgIpc) is 2.95. The lowest BCUT2D eigenvalue weighted by atomic mass is 10.1. The number of aliphatic hydroxyl groups is 1. The van der Waals surface area contributed by atoms with Gasteiger partial charge in [-0.2, -0.15) is 16.8 Å². The van der Waals surface area contributed by atoms with E-state index in [0.717, 1.165) is 12.5 Å². The van der Waals surface area contributed by atoms with Gasteiger partial charge in [-0.25, -0.2) is 0 Å². The van der Waals surface area contributed by atoms with Crippen LogP contribution in [0.3, 0.4) is 0 Å². The van der Waals surface area contributed by atoms with Crippen molar-refractivity contribution in [3.63, 3.8) is 0 Å². The molecule has 0 amide bonds. The maximum Gasteiger partial charge on any atom is 0.264 e. The van der Waals surface area contributed by atoms with E-state index in [1.165, 1.54) is 0 Å². The molecule has 2 fully saturated rings. The summed E-state index contributed by atoms with van der Waals surface area (Å²) in [4.78, 5) is 0. The zero-order valence-corrected chi connectivity index (χ0v) is 13.6. The normalized spacial score (nSPS) is 34.3. The highest BCUT2D eigenvalue weighted by Crippen LogP contribution is 2.30. The molecule has 0 saturated carbocycles. The fourth-order valence-electron chi connectivity index (χ4n) is 2.19. The second-order valence-electron chi connectivity index (χ2n) is 4.99. The number of rotatable bonds is 6. The Hall–Kier alpha value is -0.340. The maximum absolute atomic E-state index is 11.3. The molecule has 0 unspecified atom stereocenters. The highest BCUT2D eigenvalue weighted by molar-refractivity contribution is 7.86. The SMILES string of the molecule is CS(=O)(=O)OC[C@H]1O[C@@H](C2OCCO2)[C@@H](OS(C)(=O)=O)[C@@H]1O. The minimum absolute atomic E-state index is 0.288. The van der Waals surface area contributed by atoms with Gasteiger partial charge in [0.25, 0.3) is 20.2 Å². The molecule has 0 radical (unpaired) electrons. The second kappa shape index (κ2) is 6.65. The standard InChI is InChI=1S/C10H18O10S2/c1-21(12,13)18-5-6-7(11)8(20-22(2,14)15)9(19-6)10-16-3-4-17-10/h6-11H,3-5H2,1-2H3/t6-,7-,8+,9-/m1/s1. The number of hydrogen-bond donors (Lipinski definition) is 1. The zero-order valence-electron chi connectivity index (χ0n) is 11.9. The third-order valence-corrected chi connectivity index (χ3v) is 4.16. The smallest absolute Gasteiger partial charge is 0.264 e. The van der Waals surface area contributed by atoms with Gasteiger partial charge in [-0.3, -0.25) is 8.37 Å². The molecule has 2 aliphatic heterocycles. The molecule has 2 heterocycles. The van der Waals surface area contributed by atoms with E-state index in [2.05, 4.69) is 4.18 Å². The lowest BCUT2D eigenvalue weighted by molar-refractivity contribution is -0.156. The van der Waals surface area contributed by atoms with Crippen molar-refractivity contribution >= 4 is 20.2 Å². The first kappa shape index (κ1) is 18.0. The molecule has 0 spiro atoms. The number of ether oxygens (including phenoxy) is 3. The molecule has 2 aliphatic rings. The van der Waals surface area contributed by atoms with Gasteiger partial charge < -0.3 is 19.3 Å². The topological polar surface area (TPSA) is 135 Å². The Bertz CT molecular complexity index is 579. The van der Waals surface area contributed by atoms with Crippen LogP contribution in [0.25, 0.3) is 0 Å². The van der Waals surface area contributed by atoms with Gasteiger partial charge in [-0.05, 0) is 0 Å². The molecule has 12 heteroatoms. The lowest BCUT2D eigenvalue weighted by Crippen LogP contribution is -2.42. The highest BCUT2D eigenvalue weighted by Gasteiger charge is 2.51. The van der Waals surface area contributed by atoms with Gasteiger partial charge in [0.1, 0.15) is 24.4 Å². The van der Waals surface area contributed by atoms with E-state index in [9.17, 15) is 21.9 Å². The first-order valence-electron chi connectivity index (χ1n) is 6.36. The molecule has 0 aromatic carbocycles. The Morgan fingerprint density at radius 3 is 2.18 bits per heavy atom. The molecule has 10 nitrogen and oxygen atoms in total. The monoisotopic (exact) mass is 362 g/mol. The summed E-state index contributed by atoms with van der Waals surface area (Å²) in [6, 6.07) is 0. The van der Waals surface area contributed by atoms with Crippen molar-refractivity contribution in [2.24, 2.45) is 0 Å². The van der Waals surface area contributed by atoms with Crippen LogP contribution in [0.2, 0.25) is 0 Å². The molecule has 2 saturated heterocycles. The predicted molar refractivity (Wildman–Crippen MR) is 70.9 cm³/mol. The third kappa shape index (κ3) is 4.83. The molecule has 4 atom stereocenters. The van der Waals surface area contributed by atoms with E-state index < -0.39 is 57.5 Å². The lowest BCUT2D eigenvalue weighted by Gasteiger charge is -2.22. The van der Waals surface area contributed by atoms with Gasteiger partial charge >= 0.3 is 0 Å². The van der Waals surface area contributed by atoms with Crippen LogP contribution >= 0.6 is 0 Å². The maximum atomic E-state index is 11.3. The Morgan fingerprint density at radius 1 is 1.09 bits per heavy atom. The van der Waals surface area contributed by atoms with Gasteiger partial charge in [-0.1, -0.05) is 0 Å². The molecule has 0 aliphatic carbocycles. The molecule has 1 N–H and O–H groups in total. The summed E-state index contributed by atoms with van der Waals surface area (Å²) >= 11 is 0. The minimum Gasteiger partial charge on any atom is -0.387 e. The van der Waals surface area contributed by atoms with Gasteiger partial charge in [0, 0.05) is 0 Å². The van der Waals surface area contributed by atoms with Crippen LogP contribution in [0.5, 0.6) is 0 Å². The quantitative estimate of drug-likeness (QED) is 0.519. The third-order valence-electron chi connectivity index (χ3n) is 3.02. The molecular formula is C10H18O10S2. The average molecular weight is 362 g/mol. The summed E-state index contributed by atoms with van der Waals surface area (Å²) in [5.74, 6) is 0. The number of hydrogen-bond acceptors (Lipinski definition) is 10. The summed E-state index contributed by atoms with van der Waals surface area (Å²) in [7, 11) is -7.62. The van der Waals surface area contributed by atoms with Crippen molar-refractivity contribution in [2.45, 2.75) is 30.7 Å². The van der Waals surface area contributed by atoms with Crippen LogP contribution in [0.1, 0.15) is 0 Å². The molecule has 2 rings (SSSR count). The molecular weight excluding hydrogens is 344 g/mol. The second-order valence-corrected chi connectivity index (χ2v) is 8.24. The van der Waals surface area contributed by atoms with E-state index in [1.54, 1.807) is 0 Å². The summed E-state index contributed by atoms with van der Waals surface area (Å²) in [5, 5.41) is 10.1. The molecule has 130 valence electrons. The molecule has 0 aromatic rings. The minimum atomic E-state index is -3.88. The summed E-state index contributed by atoms with van der Waals surface area (Å²) in [6.07, 6.45) is -4.07. The summed E-state index contributed by atoms with van der Waals surface area (Å²) < 4.78 is 70.0. The highest BCUT2D eigenvalue weighted by atomic mass is 32.2. The number of aliphatic hydroxyl groups excluding tert-OH is 1. The van der Waals surface area contributed by atoms with Crippen molar-refractivity contribution in [2.75, 3.05) is 32.3 Å². The first-order chi connectivity index (χ1) is 10.1. The van der Waals surface area contributed by atoms with Crippen molar-refractivity contribution in [1.29, 1.82) is 0 Å². The Labute approximate surface area is 128 Å². The zero-order chi connectivity index (χ0) is 16.5. The van der Waals surface area contributed by atoms with Gasteiger partial charge in [0.15, 0.2) is 6.29 Å². The van der Waals surface area contributed by atoms with E-state index in [4.69, 9.17) is 18.4 Å². The Balaban J connectivity index is 2.12. The predicted octanol–water partition coefficient (Wildman–Crippen LogP) is -2.19. The van der Waals surface area contributed by atoms with Crippen LogP contribution in [0, 0.1) is 0 Å². The summed E-state index contributed by atoms with van der Waals surface area (Å²) in [6.45, 7) is 0.0975. The van der Waals surface area contributed by atoms with Crippen LogP contribution < -0.4 is 0 Å². The van der Waals surface area contributed by atoms with Crippen molar-refractivity contribution in [3.8, 4) is 0 Å². The Morgan fingerprint density at radius 2 is 1.68 bits per heavy atom. The fraction of sp³-hybridized carbons (Fsp3) is 1.00. The molecule has 0 bridgehead atoms. The Kier molecular flexibility index (Phi) is 5.44. The van der Waals surface area contributed by atoms with Crippen LogP contribution in [-0.4, -0.2) is 85.0 Å². The van der Waals surface area contributed by atoms with Crippen molar-refractivity contribution < 1.29 is 44.5 Å². The first-order valence-corrected chi connectivity index (χ1v) is 9.99. The van der Waals surface area contributed by atoms with E-state index in [1.807, 2.05) is 0 Å². The molecule has 0 aromatic heterocycles. The van der Waals surface area contributed by atoms with Crippen LogP contribution in [0.4, 0.5) is 0 Å². The van der Waals surface area contributed by atoms with E-state index >= 15 is 0 Å². The van der Waals surface area contributed by atoms with Crippen LogP contribution in [0.15, 0.2) is 0 Å². The largest absolute Gasteiger partial charge is 0.387 e. The molecule has 22 heavy (non-hydrogen) atoms.